The number of fused-ring (bicyclic) bond motifs is 7. The van der Waals surface area contributed by atoms with Gasteiger partial charge in [-0.05, 0) is 115 Å². The highest BCUT2D eigenvalue weighted by Crippen LogP contribution is 2.49. The van der Waals surface area contributed by atoms with Gasteiger partial charge in [0.1, 0.15) is 0 Å². The molecule has 5 rings (SSSR count). The van der Waals surface area contributed by atoms with E-state index in [4.69, 9.17) is 0 Å². The van der Waals surface area contributed by atoms with Crippen molar-refractivity contribution < 1.29 is 0 Å². The van der Waals surface area contributed by atoms with Crippen molar-refractivity contribution in [2.45, 2.75) is 85.0 Å². The van der Waals surface area contributed by atoms with Crippen LogP contribution in [0.5, 0.6) is 0 Å². The smallest absolute Gasteiger partial charge is 0.000428 e. The molecule has 6 unspecified atom stereocenters. The fourth-order valence-electron chi connectivity index (χ4n) is 7.21. The van der Waals surface area contributed by atoms with Crippen molar-refractivity contribution >= 4 is 5.57 Å². The van der Waals surface area contributed by atoms with Gasteiger partial charge in [-0.3, -0.25) is 0 Å². The number of hydrogen-bond acceptors (Lipinski definition) is 0. The normalized spacial score (nSPS) is 38.6. The largest absolute Gasteiger partial charge is 0.0770 e. The van der Waals surface area contributed by atoms with Crippen LogP contribution in [-0.2, 0) is 0 Å². The van der Waals surface area contributed by atoms with Crippen molar-refractivity contribution in [3.8, 4) is 0 Å². The van der Waals surface area contributed by atoms with E-state index in [1.54, 1.807) is 11.1 Å². The van der Waals surface area contributed by atoms with E-state index in [1.165, 1.54) is 73.6 Å². The summed E-state index contributed by atoms with van der Waals surface area (Å²) in [6.07, 6.45) is 19.0. The molecule has 1 aromatic carbocycles. The maximum atomic E-state index is 2.59. The van der Waals surface area contributed by atoms with Crippen LogP contribution in [0.1, 0.15) is 94.7 Å². The lowest BCUT2D eigenvalue weighted by Crippen LogP contribution is -2.11. The molecule has 0 aromatic heterocycles. The van der Waals surface area contributed by atoms with Crippen molar-refractivity contribution in [1.82, 2.24) is 0 Å². The summed E-state index contributed by atoms with van der Waals surface area (Å²) in [5.41, 5.74) is 9.15. The van der Waals surface area contributed by atoms with Crippen LogP contribution < -0.4 is 0 Å². The second kappa shape index (κ2) is 8.18. The third-order valence-corrected chi connectivity index (χ3v) is 9.19. The Kier molecular flexibility index (Phi) is 5.55. The molecule has 160 valence electrons. The Morgan fingerprint density at radius 3 is 2.50 bits per heavy atom. The molecule has 1 aromatic rings. The van der Waals surface area contributed by atoms with Crippen molar-refractivity contribution in [2.75, 3.05) is 0 Å². The predicted octanol–water partition coefficient (Wildman–Crippen LogP) is 8.63. The number of hydrogen-bond donors (Lipinski definition) is 0. The van der Waals surface area contributed by atoms with Gasteiger partial charge in [0.15, 0.2) is 0 Å². The van der Waals surface area contributed by atoms with Gasteiger partial charge in [0, 0.05) is 0 Å². The average Bonchev–Trinajstić information content (AvgIpc) is 3.09. The summed E-state index contributed by atoms with van der Waals surface area (Å²) < 4.78 is 0. The highest BCUT2D eigenvalue weighted by atomic mass is 14.4. The molecule has 0 nitrogen and oxygen atoms in total. The summed E-state index contributed by atoms with van der Waals surface area (Å²) in [5.74, 6) is 4.86. The second-order valence-corrected chi connectivity index (χ2v) is 11.1. The number of aryl methyl sites for hydroxylation is 1. The standard InChI is InChI=1S/C30H40/c1-19-8-11-23-14-25-6-5-7-26(25)16-28(15-23)27-13-10-21(3)30(18-27)22(4)29-17-24(19)12-9-20(29)2/h9-10,12-13,17-20,23,25-26,28H,5-8,11,14-16H2,1-4H3/b29-22+. The Balaban J connectivity index is 1.63. The van der Waals surface area contributed by atoms with Gasteiger partial charge >= 0.3 is 0 Å². The lowest BCUT2D eigenvalue weighted by atomic mass is 9.81. The zero-order chi connectivity index (χ0) is 20.8. The first kappa shape index (κ1) is 20.3. The fraction of sp³-hybridized carbons (Fsp3) is 0.600. The van der Waals surface area contributed by atoms with Crippen LogP contribution in [0.4, 0.5) is 0 Å². The quantitative estimate of drug-likeness (QED) is 0.409. The summed E-state index contributed by atoms with van der Waals surface area (Å²) in [6.45, 7) is 9.51. The SMILES string of the molecule is C/C1=C2/C=C(C=CC2C)C(C)CCC2CC(CC3CCCC3C2)c2ccc(C)c1c2. The molecule has 30 heavy (non-hydrogen) atoms. The summed E-state index contributed by atoms with van der Waals surface area (Å²) in [4.78, 5) is 0. The van der Waals surface area contributed by atoms with E-state index in [9.17, 15) is 0 Å². The lowest BCUT2D eigenvalue weighted by molar-refractivity contribution is 0.310. The van der Waals surface area contributed by atoms with Crippen LogP contribution in [0.3, 0.4) is 0 Å². The van der Waals surface area contributed by atoms with E-state index in [-0.39, 0.29) is 0 Å². The molecule has 4 aliphatic rings. The molecular formula is C30H40. The topological polar surface area (TPSA) is 0 Å². The second-order valence-electron chi connectivity index (χ2n) is 11.1. The molecule has 4 aliphatic carbocycles. The fourth-order valence-corrected chi connectivity index (χ4v) is 7.21. The van der Waals surface area contributed by atoms with Gasteiger partial charge < -0.3 is 0 Å². The average molecular weight is 401 g/mol. The zero-order valence-corrected chi connectivity index (χ0v) is 19.6. The number of rotatable bonds is 0. The molecule has 0 N–H and O–H groups in total. The molecule has 0 radical (unpaired) electrons. The zero-order valence-electron chi connectivity index (χ0n) is 19.6. The number of benzene rings is 1. The van der Waals surface area contributed by atoms with Gasteiger partial charge in [-0.25, -0.2) is 0 Å². The van der Waals surface area contributed by atoms with Gasteiger partial charge in [-0.15, -0.1) is 0 Å². The molecule has 0 heterocycles. The molecule has 0 heteroatoms. The summed E-state index contributed by atoms with van der Waals surface area (Å²) in [5, 5.41) is 0. The Morgan fingerprint density at radius 1 is 0.867 bits per heavy atom. The van der Waals surface area contributed by atoms with Crippen molar-refractivity contribution in [3.63, 3.8) is 0 Å². The minimum atomic E-state index is 0.510. The minimum Gasteiger partial charge on any atom is -0.0770 e. The van der Waals surface area contributed by atoms with Crippen LogP contribution in [0, 0.1) is 36.5 Å². The van der Waals surface area contributed by atoms with E-state index < -0.39 is 0 Å². The lowest BCUT2D eigenvalue weighted by Gasteiger charge is -2.25. The van der Waals surface area contributed by atoms with Crippen LogP contribution >= 0.6 is 0 Å². The van der Waals surface area contributed by atoms with Crippen molar-refractivity contribution in [3.05, 3.63) is 64.3 Å². The third kappa shape index (κ3) is 3.76. The monoisotopic (exact) mass is 400 g/mol. The molecule has 2 saturated carbocycles. The van der Waals surface area contributed by atoms with Crippen LogP contribution in [0.25, 0.3) is 5.57 Å². The highest BCUT2D eigenvalue weighted by Gasteiger charge is 2.36. The molecule has 0 aliphatic heterocycles. The van der Waals surface area contributed by atoms with Crippen LogP contribution in [0.2, 0.25) is 0 Å². The Morgan fingerprint density at radius 2 is 1.67 bits per heavy atom. The van der Waals surface area contributed by atoms with Gasteiger partial charge in [-0.2, -0.15) is 0 Å². The van der Waals surface area contributed by atoms with E-state index in [1.807, 2.05) is 0 Å². The van der Waals surface area contributed by atoms with E-state index in [2.05, 4.69) is 64.1 Å². The van der Waals surface area contributed by atoms with Gasteiger partial charge in [-0.1, -0.05) is 69.5 Å². The van der Waals surface area contributed by atoms with E-state index in [0.717, 1.165) is 23.7 Å². The Labute approximate surface area is 184 Å². The highest BCUT2D eigenvalue weighted by molar-refractivity contribution is 5.73. The summed E-state index contributed by atoms with van der Waals surface area (Å²) in [7, 11) is 0. The first-order chi connectivity index (χ1) is 14.5. The third-order valence-electron chi connectivity index (χ3n) is 9.19. The number of allylic oxidation sites excluding steroid dienone is 6. The maximum absolute atomic E-state index is 2.59. The molecule has 0 spiro atoms. The Bertz CT molecular complexity index is 895. The molecule has 0 amide bonds. The summed E-state index contributed by atoms with van der Waals surface area (Å²) in [6, 6.07) is 7.48. The van der Waals surface area contributed by atoms with Crippen LogP contribution in [-0.4, -0.2) is 0 Å². The summed E-state index contributed by atoms with van der Waals surface area (Å²) >= 11 is 0. The molecular weight excluding hydrogens is 360 g/mol. The van der Waals surface area contributed by atoms with E-state index in [0.29, 0.717) is 11.8 Å². The minimum absolute atomic E-state index is 0.510. The first-order valence-electron chi connectivity index (χ1n) is 12.7. The molecule has 2 fully saturated rings. The van der Waals surface area contributed by atoms with Gasteiger partial charge in [0.05, 0.1) is 0 Å². The maximum Gasteiger partial charge on any atom is -0.000428 e. The molecule has 6 atom stereocenters. The van der Waals surface area contributed by atoms with Crippen molar-refractivity contribution in [1.29, 1.82) is 0 Å². The first-order valence-corrected chi connectivity index (χ1v) is 12.7. The van der Waals surface area contributed by atoms with Crippen molar-refractivity contribution in [2.24, 2.45) is 29.6 Å². The molecule has 6 bridgehead atoms. The predicted molar refractivity (Wildman–Crippen MR) is 129 cm³/mol. The van der Waals surface area contributed by atoms with Crippen LogP contribution in [0.15, 0.2) is 47.6 Å². The Hall–Kier alpha value is -1.56. The van der Waals surface area contributed by atoms with E-state index >= 15 is 0 Å². The molecule has 0 saturated heterocycles. The van der Waals surface area contributed by atoms with Gasteiger partial charge in [0.25, 0.3) is 0 Å². The van der Waals surface area contributed by atoms with Gasteiger partial charge in [0.2, 0.25) is 0 Å².